The average Bonchev–Trinajstić information content (AvgIpc) is 3.32. The van der Waals surface area contributed by atoms with Crippen molar-refractivity contribution in [1.82, 2.24) is 29.2 Å². The summed E-state index contributed by atoms with van der Waals surface area (Å²) >= 11 is 1.05. The number of aromatic nitrogens is 5. The number of anilines is 1. The molecule has 5 rings (SSSR count). The van der Waals surface area contributed by atoms with Gasteiger partial charge in [0.2, 0.25) is 10.6 Å². The Balaban J connectivity index is 1.40. The van der Waals surface area contributed by atoms with Gasteiger partial charge in [-0.1, -0.05) is 0 Å². The number of nitrogens with zero attached hydrogens (tertiary/aromatic N) is 6. The van der Waals surface area contributed by atoms with Crippen LogP contribution in [0.1, 0.15) is 21.5 Å². The second-order valence-electron chi connectivity index (χ2n) is 8.22. The van der Waals surface area contributed by atoms with Crippen LogP contribution in [0.3, 0.4) is 0 Å². The monoisotopic (exact) mass is 497 g/mol. The van der Waals surface area contributed by atoms with E-state index in [2.05, 4.69) is 24.6 Å². The Morgan fingerprint density at radius 3 is 2.89 bits per heavy atom. The standard InChI is InChI=1S/C22H20FN7O4S/c1-11-4-16(29-7-13(8-29)20(32)25-5-12-2-3-24-6-15(12)23)28-19-17(11)18(31)14(21(33)34)9-30(19)22-26-10-27-35-22/h2-4,6,9-10,13,20,25,32H,5,7-8H2,1H3,(H,33,34). The van der Waals surface area contributed by atoms with Gasteiger partial charge in [-0.15, -0.1) is 0 Å². The van der Waals surface area contributed by atoms with Gasteiger partial charge in [-0.3, -0.25) is 19.7 Å². The minimum Gasteiger partial charge on any atom is -0.477 e. The highest BCUT2D eigenvalue weighted by Gasteiger charge is 2.34. The van der Waals surface area contributed by atoms with Crippen LogP contribution in [0, 0.1) is 18.7 Å². The molecule has 3 N–H and O–H groups in total. The van der Waals surface area contributed by atoms with Crippen molar-refractivity contribution in [2.75, 3.05) is 18.0 Å². The number of pyridine rings is 3. The van der Waals surface area contributed by atoms with E-state index in [1.165, 1.54) is 23.3 Å². The van der Waals surface area contributed by atoms with Crippen LogP contribution in [0.5, 0.6) is 0 Å². The van der Waals surface area contributed by atoms with E-state index in [0.29, 0.717) is 35.2 Å². The summed E-state index contributed by atoms with van der Waals surface area (Å²) in [6.45, 7) is 2.86. The molecule has 0 spiro atoms. The van der Waals surface area contributed by atoms with E-state index < -0.39 is 23.4 Å². The number of halogens is 1. The first-order chi connectivity index (χ1) is 16.8. The molecule has 4 aromatic heterocycles. The van der Waals surface area contributed by atoms with E-state index in [1.807, 2.05) is 4.90 Å². The molecule has 4 aromatic rings. The fourth-order valence-corrected chi connectivity index (χ4v) is 4.55. The number of carbonyl (C=O) groups is 1. The van der Waals surface area contributed by atoms with Crippen molar-refractivity contribution < 1.29 is 19.4 Å². The van der Waals surface area contributed by atoms with Gasteiger partial charge in [-0.05, 0) is 24.6 Å². The van der Waals surface area contributed by atoms with Crippen LogP contribution in [0.15, 0.2) is 41.8 Å². The van der Waals surface area contributed by atoms with E-state index in [0.717, 1.165) is 17.7 Å². The van der Waals surface area contributed by atoms with Crippen molar-refractivity contribution in [3.63, 3.8) is 0 Å². The Bertz CT molecular complexity index is 1470. The third kappa shape index (κ3) is 4.24. The van der Waals surface area contributed by atoms with Crippen LogP contribution >= 0.6 is 11.5 Å². The van der Waals surface area contributed by atoms with E-state index in [1.54, 1.807) is 19.1 Å². The molecule has 1 aliphatic heterocycles. The van der Waals surface area contributed by atoms with Crippen molar-refractivity contribution >= 4 is 34.4 Å². The fourth-order valence-electron chi connectivity index (χ4n) is 4.04. The number of rotatable bonds is 7. The Morgan fingerprint density at radius 2 is 2.20 bits per heavy atom. The zero-order valence-corrected chi connectivity index (χ0v) is 19.2. The summed E-state index contributed by atoms with van der Waals surface area (Å²) in [5, 5.41) is 23.5. The molecule has 0 radical (unpaired) electrons. The van der Waals surface area contributed by atoms with Crippen LogP contribution in [-0.2, 0) is 6.54 Å². The molecule has 180 valence electrons. The summed E-state index contributed by atoms with van der Waals surface area (Å²) in [5.41, 5.74) is 0.273. The van der Waals surface area contributed by atoms with Gasteiger partial charge >= 0.3 is 5.97 Å². The number of aromatic carboxylic acids is 1. The second kappa shape index (κ2) is 9.09. The van der Waals surface area contributed by atoms with Crippen LogP contribution in [0.4, 0.5) is 10.2 Å². The second-order valence-corrected chi connectivity index (χ2v) is 8.98. The quantitative estimate of drug-likeness (QED) is 0.320. The van der Waals surface area contributed by atoms with Crippen molar-refractivity contribution in [1.29, 1.82) is 0 Å². The Labute approximate surface area is 201 Å². The van der Waals surface area contributed by atoms with E-state index in [4.69, 9.17) is 0 Å². The van der Waals surface area contributed by atoms with Crippen LogP contribution in [0.25, 0.3) is 16.2 Å². The van der Waals surface area contributed by atoms with E-state index >= 15 is 0 Å². The summed E-state index contributed by atoms with van der Waals surface area (Å²) in [4.78, 5) is 39.0. The van der Waals surface area contributed by atoms with Crippen molar-refractivity contribution in [2.24, 2.45) is 5.92 Å². The smallest absolute Gasteiger partial charge is 0.341 e. The summed E-state index contributed by atoms with van der Waals surface area (Å²) in [6.07, 6.45) is 4.33. The summed E-state index contributed by atoms with van der Waals surface area (Å²) in [5.74, 6) is -1.31. The molecule has 0 saturated carbocycles. The van der Waals surface area contributed by atoms with Crippen LogP contribution in [0.2, 0.25) is 0 Å². The van der Waals surface area contributed by atoms with Crippen molar-refractivity contribution in [3.8, 4) is 5.13 Å². The highest BCUT2D eigenvalue weighted by Crippen LogP contribution is 2.29. The number of aliphatic hydroxyl groups excluding tert-OH is 1. The Morgan fingerprint density at radius 1 is 1.40 bits per heavy atom. The molecular formula is C22H20FN7O4S. The van der Waals surface area contributed by atoms with E-state index in [9.17, 15) is 24.2 Å². The molecular weight excluding hydrogens is 477 g/mol. The van der Waals surface area contributed by atoms with Gasteiger partial charge in [0.15, 0.2) is 5.65 Å². The molecule has 1 atom stereocenters. The number of aryl methyl sites for hydroxylation is 1. The first-order valence-electron chi connectivity index (χ1n) is 10.7. The molecule has 1 unspecified atom stereocenters. The van der Waals surface area contributed by atoms with Gasteiger partial charge in [-0.25, -0.2) is 19.2 Å². The van der Waals surface area contributed by atoms with Gasteiger partial charge in [0.1, 0.15) is 29.8 Å². The molecule has 1 saturated heterocycles. The SMILES string of the molecule is Cc1cc(N2CC(C(O)NCc3ccncc3F)C2)nc2c1c(=O)c(C(=O)O)cn2-c1ncns1. The van der Waals surface area contributed by atoms with Gasteiger partial charge in [0, 0.05) is 55.0 Å². The van der Waals surface area contributed by atoms with Gasteiger partial charge in [0.05, 0.1) is 11.6 Å². The number of aliphatic hydroxyl groups is 1. The summed E-state index contributed by atoms with van der Waals surface area (Å²) in [6, 6.07) is 3.28. The first kappa shape index (κ1) is 23.0. The lowest BCUT2D eigenvalue weighted by atomic mass is 9.97. The number of carboxylic acid groups (broad SMARTS) is 1. The predicted molar refractivity (Wildman–Crippen MR) is 125 cm³/mol. The largest absolute Gasteiger partial charge is 0.477 e. The zero-order chi connectivity index (χ0) is 24.7. The molecule has 0 aliphatic carbocycles. The highest BCUT2D eigenvalue weighted by molar-refractivity contribution is 7.08. The summed E-state index contributed by atoms with van der Waals surface area (Å²) in [7, 11) is 0. The lowest BCUT2D eigenvalue weighted by Crippen LogP contribution is -2.56. The number of carboxylic acids is 1. The number of fused-ring (bicyclic) bond motifs is 1. The highest BCUT2D eigenvalue weighted by atomic mass is 32.1. The third-order valence-corrected chi connectivity index (χ3v) is 6.63. The topological polar surface area (TPSA) is 146 Å². The molecule has 0 amide bonds. The lowest BCUT2D eigenvalue weighted by Gasteiger charge is -2.42. The summed E-state index contributed by atoms with van der Waals surface area (Å²) < 4.78 is 19.2. The van der Waals surface area contributed by atoms with Gasteiger partial charge in [0.25, 0.3) is 0 Å². The molecule has 35 heavy (non-hydrogen) atoms. The average molecular weight is 498 g/mol. The van der Waals surface area contributed by atoms with Crippen LogP contribution in [-0.4, -0.2) is 59.4 Å². The zero-order valence-electron chi connectivity index (χ0n) is 18.4. The molecule has 0 aromatic carbocycles. The Hall–Kier alpha value is -3.81. The molecule has 13 heteroatoms. The van der Waals surface area contributed by atoms with Gasteiger partial charge < -0.3 is 15.1 Å². The van der Waals surface area contributed by atoms with Crippen LogP contribution < -0.4 is 15.6 Å². The number of hydrogen-bond acceptors (Lipinski definition) is 10. The minimum atomic E-state index is -1.34. The minimum absolute atomic E-state index is 0.113. The van der Waals surface area contributed by atoms with E-state index in [-0.39, 0.29) is 29.1 Å². The van der Waals surface area contributed by atoms with Gasteiger partial charge in [-0.2, -0.15) is 4.37 Å². The Kier molecular flexibility index (Phi) is 5.96. The molecule has 5 heterocycles. The predicted octanol–water partition coefficient (Wildman–Crippen LogP) is 1.32. The number of hydrogen-bond donors (Lipinski definition) is 3. The third-order valence-electron chi connectivity index (χ3n) is 5.97. The molecule has 0 bridgehead atoms. The first-order valence-corrected chi connectivity index (χ1v) is 11.4. The molecule has 1 aliphatic rings. The van der Waals surface area contributed by atoms with Crippen molar-refractivity contribution in [2.45, 2.75) is 19.7 Å². The number of nitrogens with one attached hydrogen (secondary N) is 1. The molecule has 1 fully saturated rings. The maximum absolute atomic E-state index is 13.8. The van der Waals surface area contributed by atoms with Crippen molar-refractivity contribution in [3.05, 3.63) is 69.8 Å². The lowest BCUT2D eigenvalue weighted by molar-refractivity contribution is 0.0578. The maximum Gasteiger partial charge on any atom is 0.341 e. The normalized spacial score (nSPS) is 14.8. The molecule has 11 nitrogen and oxygen atoms in total. The fraction of sp³-hybridized carbons (Fsp3) is 0.273. The maximum atomic E-state index is 13.8.